The molecule has 0 saturated carbocycles. The highest BCUT2D eigenvalue weighted by Gasteiger charge is 2.16. The van der Waals surface area contributed by atoms with Gasteiger partial charge in [0.2, 0.25) is 0 Å². The lowest BCUT2D eigenvalue weighted by molar-refractivity contribution is -0.146. The molecule has 0 rings (SSSR count). The van der Waals surface area contributed by atoms with E-state index in [4.69, 9.17) is 0 Å². The standard InChI is InChI=1S/C15H28O3/c1-4-5-6-7-8-9-10-11-14(16)12-13(2)15(17)18-3/h13H,4-12H2,1-3H3. The molecule has 0 fully saturated rings. The summed E-state index contributed by atoms with van der Waals surface area (Å²) in [6, 6.07) is 0. The van der Waals surface area contributed by atoms with E-state index in [9.17, 15) is 9.59 Å². The molecule has 0 aromatic carbocycles. The van der Waals surface area contributed by atoms with Gasteiger partial charge in [0.05, 0.1) is 13.0 Å². The number of ketones is 1. The Morgan fingerprint density at radius 3 is 2.11 bits per heavy atom. The number of Topliss-reactive ketones (excluding diaryl/α,β-unsaturated/α-hetero) is 1. The van der Waals surface area contributed by atoms with E-state index >= 15 is 0 Å². The zero-order chi connectivity index (χ0) is 13.8. The number of unbranched alkanes of at least 4 members (excludes halogenated alkanes) is 6. The maximum absolute atomic E-state index is 11.6. The van der Waals surface area contributed by atoms with E-state index in [2.05, 4.69) is 11.7 Å². The third kappa shape index (κ3) is 9.20. The number of carbonyl (C=O) groups is 2. The van der Waals surface area contributed by atoms with Crippen LogP contribution < -0.4 is 0 Å². The molecule has 1 atom stereocenters. The lowest BCUT2D eigenvalue weighted by atomic mass is 10.0. The second-order valence-electron chi connectivity index (χ2n) is 5.04. The van der Waals surface area contributed by atoms with E-state index in [1.165, 1.54) is 39.2 Å². The molecule has 106 valence electrons. The van der Waals surface area contributed by atoms with Gasteiger partial charge in [0.25, 0.3) is 0 Å². The van der Waals surface area contributed by atoms with Gasteiger partial charge < -0.3 is 4.74 Å². The van der Waals surface area contributed by atoms with E-state index in [0.717, 1.165) is 12.8 Å². The van der Waals surface area contributed by atoms with E-state index in [1.54, 1.807) is 6.92 Å². The predicted octanol–water partition coefficient (Wildman–Crippen LogP) is 3.90. The molecule has 1 unspecified atom stereocenters. The summed E-state index contributed by atoms with van der Waals surface area (Å²) >= 11 is 0. The molecular formula is C15H28O3. The fourth-order valence-electron chi connectivity index (χ4n) is 2.01. The Kier molecular flexibility index (Phi) is 10.7. The number of hydrogen-bond donors (Lipinski definition) is 0. The molecule has 0 amide bonds. The quantitative estimate of drug-likeness (QED) is 0.416. The van der Waals surface area contributed by atoms with Crippen molar-refractivity contribution < 1.29 is 14.3 Å². The third-order valence-corrected chi connectivity index (χ3v) is 3.20. The fraction of sp³-hybridized carbons (Fsp3) is 0.867. The minimum absolute atomic E-state index is 0.182. The summed E-state index contributed by atoms with van der Waals surface area (Å²) in [4.78, 5) is 22.8. The van der Waals surface area contributed by atoms with Crippen LogP contribution in [0.1, 0.15) is 71.6 Å². The Labute approximate surface area is 111 Å². The molecule has 3 heteroatoms. The largest absolute Gasteiger partial charge is 0.469 e. The van der Waals surface area contributed by atoms with Crippen molar-refractivity contribution in [1.82, 2.24) is 0 Å². The van der Waals surface area contributed by atoms with Gasteiger partial charge in [-0.1, -0.05) is 52.4 Å². The normalized spacial score (nSPS) is 12.2. The maximum atomic E-state index is 11.6. The average Bonchev–Trinajstić information content (AvgIpc) is 2.36. The summed E-state index contributed by atoms with van der Waals surface area (Å²) < 4.78 is 4.60. The lowest BCUT2D eigenvalue weighted by Crippen LogP contribution is -2.16. The number of rotatable bonds is 11. The smallest absolute Gasteiger partial charge is 0.308 e. The Hall–Kier alpha value is -0.860. The molecule has 0 heterocycles. The van der Waals surface area contributed by atoms with Crippen LogP contribution in [0.25, 0.3) is 0 Å². The Balaban J connectivity index is 3.45. The molecule has 0 saturated heterocycles. The van der Waals surface area contributed by atoms with Gasteiger partial charge >= 0.3 is 5.97 Å². The van der Waals surface area contributed by atoms with Crippen LogP contribution in [0.2, 0.25) is 0 Å². The van der Waals surface area contributed by atoms with Gasteiger partial charge in [-0.3, -0.25) is 9.59 Å². The van der Waals surface area contributed by atoms with Crippen LogP contribution >= 0.6 is 0 Å². The number of ether oxygens (including phenoxy) is 1. The highest BCUT2D eigenvalue weighted by molar-refractivity contribution is 5.84. The number of methoxy groups -OCH3 is 1. The topological polar surface area (TPSA) is 43.4 Å². The van der Waals surface area contributed by atoms with E-state index in [-0.39, 0.29) is 17.7 Å². The van der Waals surface area contributed by atoms with Crippen LogP contribution in [-0.2, 0) is 14.3 Å². The minimum atomic E-state index is -0.299. The average molecular weight is 256 g/mol. The highest BCUT2D eigenvalue weighted by atomic mass is 16.5. The first kappa shape index (κ1) is 17.1. The van der Waals surface area contributed by atoms with Crippen molar-refractivity contribution in [2.24, 2.45) is 5.92 Å². The number of hydrogen-bond acceptors (Lipinski definition) is 3. The van der Waals surface area contributed by atoms with Crippen LogP contribution in [0.5, 0.6) is 0 Å². The summed E-state index contributed by atoms with van der Waals surface area (Å²) in [5, 5.41) is 0. The van der Waals surface area contributed by atoms with Crippen molar-refractivity contribution in [3.8, 4) is 0 Å². The number of carbonyl (C=O) groups excluding carboxylic acids is 2. The van der Waals surface area contributed by atoms with Crippen LogP contribution in [0.4, 0.5) is 0 Å². The van der Waals surface area contributed by atoms with E-state index in [1.807, 2.05) is 0 Å². The SMILES string of the molecule is CCCCCCCCCC(=O)CC(C)C(=O)OC. The summed E-state index contributed by atoms with van der Waals surface area (Å²) in [5.74, 6) is -0.406. The van der Waals surface area contributed by atoms with E-state index < -0.39 is 0 Å². The first-order chi connectivity index (χ1) is 8.61. The summed E-state index contributed by atoms with van der Waals surface area (Å²) in [7, 11) is 1.36. The van der Waals surface area contributed by atoms with Crippen LogP contribution in [0.3, 0.4) is 0 Å². The van der Waals surface area contributed by atoms with Gasteiger partial charge in [-0.25, -0.2) is 0 Å². The van der Waals surface area contributed by atoms with Gasteiger partial charge in [0, 0.05) is 12.8 Å². The van der Waals surface area contributed by atoms with Gasteiger partial charge in [0.15, 0.2) is 0 Å². The van der Waals surface area contributed by atoms with Crippen LogP contribution in [0, 0.1) is 5.92 Å². The molecule has 0 aliphatic carbocycles. The highest BCUT2D eigenvalue weighted by Crippen LogP contribution is 2.12. The van der Waals surface area contributed by atoms with E-state index in [0.29, 0.717) is 12.8 Å². The predicted molar refractivity (Wildman–Crippen MR) is 73.4 cm³/mol. The van der Waals surface area contributed by atoms with Crippen molar-refractivity contribution in [1.29, 1.82) is 0 Å². The second-order valence-corrected chi connectivity index (χ2v) is 5.04. The second kappa shape index (κ2) is 11.2. The van der Waals surface area contributed by atoms with Crippen molar-refractivity contribution >= 4 is 11.8 Å². The van der Waals surface area contributed by atoms with Gasteiger partial charge in [0.1, 0.15) is 5.78 Å². The zero-order valence-corrected chi connectivity index (χ0v) is 12.2. The van der Waals surface area contributed by atoms with Gasteiger partial charge in [-0.2, -0.15) is 0 Å². The molecule has 3 nitrogen and oxygen atoms in total. The molecule has 0 bridgehead atoms. The van der Waals surface area contributed by atoms with Gasteiger partial charge in [-0.15, -0.1) is 0 Å². The molecule has 0 aliphatic heterocycles. The maximum Gasteiger partial charge on any atom is 0.308 e. The molecule has 0 radical (unpaired) electrons. The summed E-state index contributed by atoms with van der Waals surface area (Å²) in [6.07, 6.45) is 9.41. The van der Waals surface area contributed by atoms with Gasteiger partial charge in [-0.05, 0) is 6.42 Å². The van der Waals surface area contributed by atoms with Crippen molar-refractivity contribution in [2.75, 3.05) is 7.11 Å². The lowest BCUT2D eigenvalue weighted by Gasteiger charge is -2.07. The third-order valence-electron chi connectivity index (χ3n) is 3.20. The van der Waals surface area contributed by atoms with Crippen LogP contribution in [0.15, 0.2) is 0 Å². The fourth-order valence-corrected chi connectivity index (χ4v) is 2.01. The molecule has 18 heavy (non-hydrogen) atoms. The Bertz CT molecular complexity index is 236. The molecule has 0 aromatic rings. The molecule has 0 N–H and O–H groups in total. The number of esters is 1. The summed E-state index contributed by atoms with van der Waals surface area (Å²) in [5.41, 5.74) is 0. The Morgan fingerprint density at radius 2 is 1.56 bits per heavy atom. The molecular weight excluding hydrogens is 228 g/mol. The molecule has 0 spiro atoms. The minimum Gasteiger partial charge on any atom is -0.469 e. The Morgan fingerprint density at radius 1 is 1.00 bits per heavy atom. The summed E-state index contributed by atoms with van der Waals surface area (Å²) in [6.45, 7) is 3.95. The first-order valence-electron chi connectivity index (χ1n) is 7.21. The van der Waals surface area contributed by atoms with Crippen molar-refractivity contribution in [2.45, 2.75) is 71.6 Å². The van der Waals surface area contributed by atoms with Crippen molar-refractivity contribution in [3.63, 3.8) is 0 Å². The first-order valence-corrected chi connectivity index (χ1v) is 7.21. The zero-order valence-electron chi connectivity index (χ0n) is 12.2. The van der Waals surface area contributed by atoms with Crippen molar-refractivity contribution in [3.05, 3.63) is 0 Å². The molecule has 0 aliphatic rings. The molecule has 0 aromatic heterocycles. The monoisotopic (exact) mass is 256 g/mol. The van der Waals surface area contributed by atoms with Crippen LogP contribution in [-0.4, -0.2) is 18.9 Å².